The lowest BCUT2D eigenvalue weighted by atomic mass is 10.00. The molecular weight excluding hydrogens is 468 g/mol. The minimum Gasteiger partial charge on any atom is -0.439 e. The number of aromatic nitrogens is 4. The minimum atomic E-state index is -3.96. The summed E-state index contributed by atoms with van der Waals surface area (Å²) in [6.07, 6.45) is 2.64. The van der Waals surface area contributed by atoms with Crippen molar-refractivity contribution < 1.29 is 18.3 Å². The second-order valence-corrected chi connectivity index (χ2v) is 9.60. The summed E-state index contributed by atoms with van der Waals surface area (Å²) in [5, 5.41) is 16.0. The van der Waals surface area contributed by atoms with Gasteiger partial charge in [-0.2, -0.15) is 10.1 Å². The van der Waals surface area contributed by atoms with E-state index in [2.05, 4.69) is 25.1 Å². The van der Waals surface area contributed by atoms with E-state index in [4.69, 9.17) is 9.84 Å². The van der Waals surface area contributed by atoms with Crippen molar-refractivity contribution in [2.75, 3.05) is 23.2 Å². The van der Waals surface area contributed by atoms with Gasteiger partial charge < -0.3 is 15.2 Å². The third-order valence-corrected chi connectivity index (χ3v) is 6.46. The summed E-state index contributed by atoms with van der Waals surface area (Å²) in [6.45, 7) is 4.38. The van der Waals surface area contributed by atoms with E-state index >= 15 is 0 Å². The van der Waals surface area contributed by atoms with Crippen LogP contribution in [0.5, 0.6) is 11.6 Å². The number of benzene rings is 2. The van der Waals surface area contributed by atoms with Crippen molar-refractivity contribution in [3.8, 4) is 22.9 Å². The van der Waals surface area contributed by atoms with Gasteiger partial charge in [0.2, 0.25) is 11.8 Å². The number of sulfonamides is 1. The van der Waals surface area contributed by atoms with Gasteiger partial charge in [0.25, 0.3) is 10.0 Å². The number of aliphatic hydroxyl groups excluding tert-OH is 1. The van der Waals surface area contributed by atoms with E-state index in [9.17, 15) is 8.42 Å². The zero-order valence-corrected chi connectivity index (χ0v) is 20.4. The van der Waals surface area contributed by atoms with Crippen LogP contribution in [0.2, 0.25) is 0 Å². The fraction of sp³-hybridized carbons (Fsp3) is 0.208. The largest absolute Gasteiger partial charge is 0.439 e. The van der Waals surface area contributed by atoms with Crippen molar-refractivity contribution in [2.45, 2.75) is 18.7 Å². The van der Waals surface area contributed by atoms with Crippen LogP contribution in [0.4, 0.5) is 11.6 Å². The molecule has 0 saturated heterocycles. The maximum Gasteiger partial charge on any atom is 0.267 e. The highest BCUT2D eigenvalue weighted by Gasteiger charge is 2.20. The molecule has 2 heterocycles. The number of hydrogen-bond acceptors (Lipinski definition) is 8. The van der Waals surface area contributed by atoms with Crippen LogP contribution in [0.15, 0.2) is 65.8 Å². The Bertz CT molecular complexity index is 1410. The Hall–Kier alpha value is -3.96. The number of anilines is 2. The van der Waals surface area contributed by atoms with Crippen LogP contribution >= 0.6 is 0 Å². The van der Waals surface area contributed by atoms with Gasteiger partial charge in [0.05, 0.1) is 18.5 Å². The van der Waals surface area contributed by atoms with Crippen molar-refractivity contribution in [1.29, 1.82) is 0 Å². The molecule has 35 heavy (non-hydrogen) atoms. The van der Waals surface area contributed by atoms with E-state index in [0.717, 1.165) is 22.4 Å². The van der Waals surface area contributed by atoms with Gasteiger partial charge in [-0.1, -0.05) is 18.2 Å². The van der Waals surface area contributed by atoms with Crippen molar-refractivity contribution in [3.63, 3.8) is 0 Å². The van der Waals surface area contributed by atoms with Gasteiger partial charge in [0, 0.05) is 37.1 Å². The van der Waals surface area contributed by atoms with Gasteiger partial charge in [-0.15, -0.1) is 0 Å². The number of aliphatic hydroxyl groups is 1. The smallest absolute Gasteiger partial charge is 0.267 e. The lowest BCUT2D eigenvalue weighted by molar-refractivity contribution is 0.311. The van der Waals surface area contributed by atoms with E-state index in [1.165, 1.54) is 17.1 Å². The van der Waals surface area contributed by atoms with Crippen LogP contribution in [0, 0.1) is 13.8 Å². The number of nitrogens with zero attached hydrogens (tertiary/aromatic N) is 4. The molecule has 0 saturated carbocycles. The summed E-state index contributed by atoms with van der Waals surface area (Å²) in [6, 6.07) is 14.7. The third-order valence-electron chi connectivity index (χ3n) is 5.17. The Kier molecular flexibility index (Phi) is 6.99. The minimum absolute atomic E-state index is 0.00508. The van der Waals surface area contributed by atoms with Crippen molar-refractivity contribution in [2.24, 2.45) is 7.05 Å². The molecule has 10 nitrogen and oxygen atoms in total. The Balaban J connectivity index is 1.71. The maximum absolute atomic E-state index is 12.9. The highest BCUT2D eigenvalue weighted by molar-refractivity contribution is 7.92. The van der Waals surface area contributed by atoms with Crippen LogP contribution in [0.25, 0.3) is 11.3 Å². The molecule has 0 bridgehead atoms. The lowest BCUT2D eigenvalue weighted by Gasteiger charge is -2.14. The average molecular weight is 495 g/mol. The fourth-order valence-corrected chi connectivity index (χ4v) is 4.47. The van der Waals surface area contributed by atoms with Crippen LogP contribution in [-0.4, -0.2) is 46.4 Å². The predicted molar refractivity (Wildman–Crippen MR) is 133 cm³/mol. The molecular formula is C24H26N6O4S. The Morgan fingerprint density at radius 1 is 1.06 bits per heavy atom. The summed E-state index contributed by atoms with van der Waals surface area (Å²) < 4.78 is 35.6. The predicted octanol–water partition coefficient (Wildman–Crippen LogP) is 3.49. The quantitative estimate of drug-likeness (QED) is 0.322. The molecule has 2 aromatic carbocycles. The second kappa shape index (κ2) is 10.1. The number of aryl methyl sites for hydroxylation is 3. The molecule has 3 N–H and O–H groups in total. The molecule has 4 aromatic rings. The molecule has 0 aliphatic rings. The SMILES string of the molecule is Cc1cccc(C)c1-c1cc(Oc2ccc(NCCO)cc2)nc(NS(=O)(=O)c2cnn(C)c2)n1. The summed E-state index contributed by atoms with van der Waals surface area (Å²) >= 11 is 0. The van der Waals surface area contributed by atoms with Crippen molar-refractivity contribution in [1.82, 2.24) is 19.7 Å². The van der Waals surface area contributed by atoms with E-state index in [1.54, 1.807) is 25.2 Å². The molecule has 0 aliphatic heterocycles. The van der Waals surface area contributed by atoms with Gasteiger partial charge >= 0.3 is 0 Å². The Labute approximate surface area is 203 Å². The van der Waals surface area contributed by atoms with Gasteiger partial charge in [0.1, 0.15) is 10.6 Å². The van der Waals surface area contributed by atoms with Crippen LogP contribution in [-0.2, 0) is 17.1 Å². The topological polar surface area (TPSA) is 131 Å². The highest BCUT2D eigenvalue weighted by Crippen LogP contribution is 2.31. The summed E-state index contributed by atoms with van der Waals surface area (Å²) in [5.41, 5.74) is 4.18. The lowest BCUT2D eigenvalue weighted by Crippen LogP contribution is -2.15. The van der Waals surface area contributed by atoms with Gasteiger partial charge in [-0.05, 0) is 49.2 Å². The molecule has 0 amide bonds. The standard InChI is InChI=1S/C24H26N6O4S/c1-16-5-4-6-17(2)23(16)21-13-22(34-19-9-7-18(8-10-19)25-11-12-31)28-24(27-21)29-35(32,33)20-14-26-30(3)15-20/h4-10,13-15,25,31H,11-12H2,1-3H3,(H,27,28,29). The summed E-state index contributed by atoms with van der Waals surface area (Å²) in [4.78, 5) is 8.79. The number of nitrogens with one attached hydrogen (secondary N) is 2. The van der Waals surface area contributed by atoms with Crippen molar-refractivity contribution in [3.05, 3.63) is 72.1 Å². The highest BCUT2D eigenvalue weighted by atomic mass is 32.2. The van der Waals surface area contributed by atoms with E-state index in [0.29, 0.717) is 18.0 Å². The molecule has 4 rings (SSSR count). The summed E-state index contributed by atoms with van der Waals surface area (Å²) in [5.74, 6) is 0.564. The fourth-order valence-electron chi connectivity index (χ4n) is 3.55. The average Bonchev–Trinajstić information content (AvgIpc) is 3.25. The maximum atomic E-state index is 12.9. The van der Waals surface area contributed by atoms with Crippen molar-refractivity contribution >= 4 is 21.7 Å². The molecule has 0 fully saturated rings. The molecule has 0 aliphatic carbocycles. The molecule has 0 unspecified atom stereocenters. The molecule has 182 valence electrons. The summed E-state index contributed by atoms with van der Waals surface area (Å²) in [7, 11) is -2.33. The van der Waals surface area contributed by atoms with Gasteiger partial charge in [0.15, 0.2) is 0 Å². The Morgan fingerprint density at radius 3 is 2.40 bits per heavy atom. The van der Waals surface area contributed by atoms with Crippen LogP contribution < -0.4 is 14.8 Å². The first-order valence-electron chi connectivity index (χ1n) is 10.8. The van der Waals surface area contributed by atoms with Gasteiger partial charge in [-0.25, -0.2) is 18.1 Å². The molecule has 11 heteroatoms. The van der Waals surface area contributed by atoms with Gasteiger partial charge in [-0.3, -0.25) is 4.68 Å². The molecule has 0 spiro atoms. The molecule has 0 atom stereocenters. The monoisotopic (exact) mass is 494 g/mol. The third kappa shape index (κ3) is 5.76. The first kappa shape index (κ1) is 24.2. The van der Waals surface area contributed by atoms with E-state index in [-0.39, 0.29) is 23.3 Å². The molecule has 2 aromatic heterocycles. The first-order chi connectivity index (χ1) is 16.7. The first-order valence-corrected chi connectivity index (χ1v) is 12.3. The zero-order valence-electron chi connectivity index (χ0n) is 19.6. The van der Waals surface area contributed by atoms with E-state index < -0.39 is 10.0 Å². The number of ether oxygens (including phenoxy) is 1. The second-order valence-electron chi connectivity index (χ2n) is 7.91. The Morgan fingerprint density at radius 2 is 1.77 bits per heavy atom. The number of rotatable bonds is 9. The van der Waals surface area contributed by atoms with E-state index in [1.807, 2.05) is 44.2 Å². The molecule has 0 radical (unpaired) electrons. The van der Waals surface area contributed by atoms with Crippen LogP contribution in [0.3, 0.4) is 0 Å². The normalized spacial score (nSPS) is 11.3. The number of hydrogen-bond donors (Lipinski definition) is 3. The van der Waals surface area contributed by atoms with Crippen LogP contribution in [0.1, 0.15) is 11.1 Å². The zero-order chi connectivity index (χ0) is 25.0.